The zero-order chi connectivity index (χ0) is 12.4. The number of nitrogens with zero attached hydrogens (tertiary/aromatic N) is 1. The van der Waals surface area contributed by atoms with Gasteiger partial charge in [0.2, 0.25) is 0 Å². The number of hydrogen-bond donors (Lipinski definition) is 1. The molecule has 0 saturated carbocycles. The van der Waals surface area contributed by atoms with Gasteiger partial charge in [-0.3, -0.25) is 0 Å². The summed E-state index contributed by atoms with van der Waals surface area (Å²) >= 11 is 3.32. The molecule has 1 heterocycles. The van der Waals surface area contributed by atoms with Crippen LogP contribution in [0.3, 0.4) is 0 Å². The van der Waals surface area contributed by atoms with Gasteiger partial charge in [-0.2, -0.15) is 0 Å². The van der Waals surface area contributed by atoms with Crippen LogP contribution in [0, 0.1) is 0 Å². The van der Waals surface area contributed by atoms with Crippen molar-refractivity contribution in [2.24, 2.45) is 0 Å². The molecule has 0 aliphatic rings. The van der Waals surface area contributed by atoms with Crippen molar-refractivity contribution in [3.8, 4) is 17.1 Å². The van der Waals surface area contributed by atoms with Crippen molar-refractivity contribution >= 4 is 21.9 Å². The van der Waals surface area contributed by atoms with Crippen LogP contribution in [-0.2, 0) is 0 Å². The number of aromatic nitrogens is 1. The van der Waals surface area contributed by atoms with E-state index in [1.807, 2.05) is 6.07 Å². The maximum atomic E-state index is 10.7. The summed E-state index contributed by atoms with van der Waals surface area (Å²) in [5, 5.41) is 8.73. The van der Waals surface area contributed by atoms with Crippen LogP contribution in [0.25, 0.3) is 11.3 Å². The Labute approximate surface area is 105 Å². The maximum Gasteiger partial charge on any atom is 0.392 e. The number of rotatable bonds is 3. The second-order valence-corrected chi connectivity index (χ2v) is 4.10. The topological polar surface area (TPSA) is 72.6 Å². The lowest BCUT2D eigenvalue weighted by Crippen LogP contribution is -1.94. The third-order valence-electron chi connectivity index (χ3n) is 2.12. The zero-order valence-electron chi connectivity index (χ0n) is 8.81. The molecular formula is C11H8BrNO4. The summed E-state index contributed by atoms with van der Waals surface area (Å²) in [5.41, 5.74) is 0.641. The number of carboxylic acid groups (broad SMARTS) is 1. The number of carbonyl (C=O) groups is 1. The molecule has 2 rings (SSSR count). The molecule has 0 radical (unpaired) electrons. The van der Waals surface area contributed by atoms with Crippen molar-refractivity contribution in [2.45, 2.75) is 0 Å². The fourth-order valence-electron chi connectivity index (χ4n) is 1.37. The highest BCUT2D eigenvalue weighted by Gasteiger charge is 2.15. The largest absolute Gasteiger partial charge is 0.496 e. The average molecular weight is 298 g/mol. The monoisotopic (exact) mass is 297 g/mol. The van der Waals surface area contributed by atoms with Gasteiger partial charge in [0, 0.05) is 4.47 Å². The minimum absolute atomic E-state index is 0.345. The van der Waals surface area contributed by atoms with E-state index in [1.165, 1.54) is 13.3 Å². The maximum absolute atomic E-state index is 10.7. The molecule has 6 heteroatoms. The Balaban J connectivity index is 2.51. The van der Waals surface area contributed by atoms with Gasteiger partial charge in [0.15, 0.2) is 5.76 Å². The first kappa shape index (κ1) is 11.7. The fraction of sp³-hybridized carbons (Fsp3) is 0.0909. The summed E-state index contributed by atoms with van der Waals surface area (Å²) < 4.78 is 11.1. The molecular weight excluding hydrogens is 290 g/mol. The Morgan fingerprint density at radius 1 is 1.53 bits per heavy atom. The molecule has 0 fully saturated rings. The van der Waals surface area contributed by atoms with Crippen LogP contribution in [-0.4, -0.2) is 23.2 Å². The van der Waals surface area contributed by atoms with Crippen LogP contribution in [0.5, 0.6) is 5.75 Å². The van der Waals surface area contributed by atoms with Gasteiger partial charge in [0.25, 0.3) is 0 Å². The summed E-state index contributed by atoms with van der Waals surface area (Å²) in [6.07, 6.45) is 1.35. The number of hydrogen-bond acceptors (Lipinski definition) is 4. The van der Waals surface area contributed by atoms with E-state index in [0.29, 0.717) is 17.1 Å². The second-order valence-electron chi connectivity index (χ2n) is 3.18. The molecule has 17 heavy (non-hydrogen) atoms. The van der Waals surface area contributed by atoms with E-state index in [1.54, 1.807) is 12.1 Å². The smallest absolute Gasteiger partial charge is 0.392 e. The highest BCUT2D eigenvalue weighted by molar-refractivity contribution is 9.10. The van der Waals surface area contributed by atoms with Gasteiger partial charge in [-0.05, 0) is 18.2 Å². The van der Waals surface area contributed by atoms with Gasteiger partial charge in [0.05, 0.1) is 18.9 Å². The minimum Gasteiger partial charge on any atom is -0.496 e. The molecule has 1 aromatic heterocycles. The zero-order valence-corrected chi connectivity index (χ0v) is 10.4. The highest BCUT2D eigenvalue weighted by atomic mass is 79.9. The Kier molecular flexibility index (Phi) is 3.14. The third-order valence-corrected chi connectivity index (χ3v) is 2.61. The Morgan fingerprint density at radius 2 is 2.29 bits per heavy atom. The van der Waals surface area contributed by atoms with Gasteiger partial charge >= 0.3 is 11.9 Å². The van der Waals surface area contributed by atoms with Crippen molar-refractivity contribution < 1.29 is 19.1 Å². The number of methoxy groups -OCH3 is 1. The van der Waals surface area contributed by atoms with Gasteiger partial charge in [-0.1, -0.05) is 15.9 Å². The Morgan fingerprint density at radius 3 is 2.88 bits per heavy atom. The molecule has 1 N–H and O–H groups in total. The van der Waals surface area contributed by atoms with Crippen molar-refractivity contribution in [1.29, 1.82) is 0 Å². The summed E-state index contributed by atoms with van der Waals surface area (Å²) in [6.45, 7) is 0. The van der Waals surface area contributed by atoms with Crippen molar-refractivity contribution in [2.75, 3.05) is 7.11 Å². The Hall–Kier alpha value is -1.82. The molecule has 0 saturated heterocycles. The van der Waals surface area contributed by atoms with Gasteiger partial charge in [-0.25, -0.2) is 9.78 Å². The number of halogens is 1. The first-order chi connectivity index (χ1) is 8.11. The number of carboxylic acids is 1. The fourth-order valence-corrected chi connectivity index (χ4v) is 1.73. The summed E-state index contributed by atoms with van der Waals surface area (Å²) in [7, 11) is 1.53. The van der Waals surface area contributed by atoms with E-state index in [4.69, 9.17) is 14.3 Å². The van der Waals surface area contributed by atoms with E-state index in [2.05, 4.69) is 20.9 Å². The standard InChI is InChI=1S/C11H8BrNO4/c1-16-8-3-2-6(12)4-7(8)9-5-13-10(17-9)11(14)15/h2-5H,1H3,(H,14,15). The van der Waals surface area contributed by atoms with E-state index >= 15 is 0 Å². The Bertz CT molecular complexity index is 564. The first-order valence-electron chi connectivity index (χ1n) is 4.65. The molecule has 0 spiro atoms. The summed E-state index contributed by atoms with van der Waals surface area (Å²) in [5.74, 6) is -0.617. The first-order valence-corrected chi connectivity index (χ1v) is 5.44. The van der Waals surface area contributed by atoms with Gasteiger partial charge < -0.3 is 14.3 Å². The van der Waals surface area contributed by atoms with Crippen LogP contribution in [0.4, 0.5) is 0 Å². The summed E-state index contributed by atoms with van der Waals surface area (Å²) in [4.78, 5) is 14.3. The van der Waals surface area contributed by atoms with E-state index < -0.39 is 5.97 Å². The van der Waals surface area contributed by atoms with Gasteiger partial charge in [0.1, 0.15) is 5.75 Å². The average Bonchev–Trinajstić information content (AvgIpc) is 2.78. The molecule has 0 bridgehead atoms. The van der Waals surface area contributed by atoms with Crippen LogP contribution in [0.1, 0.15) is 10.7 Å². The minimum atomic E-state index is -1.20. The van der Waals surface area contributed by atoms with Crippen molar-refractivity contribution in [1.82, 2.24) is 4.98 Å². The van der Waals surface area contributed by atoms with Crippen LogP contribution in [0.2, 0.25) is 0 Å². The molecule has 0 aliphatic carbocycles. The normalized spacial score (nSPS) is 10.2. The predicted octanol–water partition coefficient (Wildman–Crippen LogP) is 2.81. The molecule has 0 aliphatic heterocycles. The lowest BCUT2D eigenvalue weighted by Gasteiger charge is -2.05. The van der Waals surface area contributed by atoms with Crippen LogP contribution < -0.4 is 4.74 Å². The predicted molar refractivity (Wildman–Crippen MR) is 63.2 cm³/mol. The number of oxazole rings is 1. The lowest BCUT2D eigenvalue weighted by molar-refractivity contribution is 0.0654. The molecule has 2 aromatic rings. The quantitative estimate of drug-likeness (QED) is 0.943. The van der Waals surface area contributed by atoms with E-state index in [-0.39, 0.29) is 5.89 Å². The number of aromatic carboxylic acids is 1. The van der Waals surface area contributed by atoms with Crippen LogP contribution in [0.15, 0.2) is 33.3 Å². The number of ether oxygens (including phenoxy) is 1. The highest BCUT2D eigenvalue weighted by Crippen LogP contribution is 2.32. The SMILES string of the molecule is COc1ccc(Br)cc1-c1cnc(C(=O)O)o1. The van der Waals surface area contributed by atoms with E-state index in [0.717, 1.165) is 4.47 Å². The molecule has 88 valence electrons. The van der Waals surface area contributed by atoms with Crippen molar-refractivity contribution in [3.05, 3.63) is 34.8 Å². The van der Waals surface area contributed by atoms with Gasteiger partial charge in [-0.15, -0.1) is 0 Å². The van der Waals surface area contributed by atoms with Crippen LogP contribution >= 0.6 is 15.9 Å². The number of benzene rings is 1. The summed E-state index contributed by atoms with van der Waals surface area (Å²) in [6, 6.07) is 5.34. The second kappa shape index (κ2) is 4.58. The molecule has 0 atom stereocenters. The lowest BCUT2D eigenvalue weighted by atomic mass is 10.1. The molecule has 1 aromatic carbocycles. The molecule has 0 unspecified atom stereocenters. The third kappa shape index (κ3) is 2.31. The van der Waals surface area contributed by atoms with Crippen molar-refractivity contribution in [3.63, 3.8) is 0 Å². The van der Waals surface area contributed by atoms with E-state index in [9.17, 15) is 4.79 Å². The molecule has 5 nitrogen and oxygen atoms in total. The molecule has 0 amide bonds.